The highest BCUT2D eigenvalue weighted by Crippen LogP contribution is 2.38. The average Bonchev–Trinajstić information content (AvgIpc) is 3.39. The first-order chi connectivity index (χ1) is 37.5. The molecule has 0 saturated carbocycles. The molecule has 0 aromatic heterocycles. The molecule has 9 heteroatoms. The number of nitrogens with one attached hydrogen (secondary N) is 1. The Hall–Kier alpha value is -1.80. The lowest BCUT2D eigenvalue weighted by Gasteiger charge is -2.29. The summed E-state index contributed by atoms with van der Waals surface area (Å²) in [5.41, 5.74) is 0. The molecule has 3 atom stereocenters. The number of carbonyl (C=O) groups excluding carboxylic acids is 1. The second kappa shape index (κ2) is 58.8. The molecule has 1 amide bonds. The number of amides is 1. The predicted octanol–water partition coefficient (Wildman–Crippen LogP) is 20.2. The van der Waals surface area contributed by atoms with Gasteiger partial charge >= 0.3 is 0 Å². The van der Waals surface area contributed by atoms with Crippen molar-refractivity contribution in [3.63, 3.8) is 0 Å². The van der Waals surface area contributed by atoms with Gasteiger partial charge in [0.25, 0.3) is 7.82 Å². The summed E-state index contributed by atoms with van der Waals surface area (Å²) in [6.07, 6.45) is 80.5. The van der Waals surface area contributed by atoms with Crippen LogP contribution in [0.15, 0.2) is 60.8 Å². The third kappa shape index (κ3) is 61.7. The van der Waals surface area contributed by atoms with Crippen molar-refractivity contribution in [1.82, 2.24) is 5.32 Å². The summed E-state index contributed by atoms with van der Waals surface area (Å²) >= 11 is 0. The largest absolute Gasteiger partial charge is 0.756 e. The Morgan fingerprint density at radius 1 is 0.455 bits per heavy atom. The minimum absolute atomic E-state index is 0.00878. The van der Waals surface area contributed by atoms with Gasteiger partial charge in [-0.05, 0) is 77.0 Å². The maximum absolute atomic E-state index is 13.0. The Morgan fingerprint density at radius 3 is 1.13 bits per heavy atom. The number of allylic oxidation sites excluding steroid dienone is 9. The van der Waals surface area contributed by atoms with Crippen LogP contribution in [0.5, 0.6) is 0 Å². The molecule has 0 aromatic carbocycles. The van der Waals surface area contributed by atoms with E-state index >= 15 is 0 Å². The highest BCUT2D eigenvalue weighted by molar-refractivity contribution is 7.45. The summed E-state index contributed by atoms with van der Waals surface area (Å²) in [6.45, 7) is 4.64. The van der Waals surface area contributed by atoms with Crippen molar-refractivity contribution in [3.8, 4) is 0 Å². The number of quaternary nitrogens is 1. The summed E-state index contributed by atoms with van der Waals surface area (Å²) in [4.78, 5) is 25.6. The molecule has 0 bridgehead atoms. The van der Waals surface area contributed by atoms with Gasteiger partial charge in [-0.1, -0.05) is 293 Å². The minimum Gasteiger partial charge on any atom is -0.756 e. The van der Waals surface area contributed by atoms with E-state index in [0.29, 0.717) is 17.4 Å². The second-order valence-electron chi connectivity index (χ2n) is 23.8. The maximum atomic E-state index is 13.0. The van der Waals surface area contributed by atoms with Crippen LogP contribution in [0.25, 0.3) is 0 Å². The first-order valence-corrected chi connectivity index (χ1v) is 34.6. The Balaban J connectivity index is 4.05. The van der Waals surface area contributed by atoms with E-state index in [2.05, 4.69) is 67.8 Å². The quantitative estimate of drug-likeness (QED) is 0.0272. The van der Waals surface area contributed by atoms with E-state index in [1.165, 1.54) is 244 Å². The number of hydrogen-bond acceptors (Lipinski definition) is 6. The number of likely N-dealkylation sites (N-methyl/N-ethyl adjacent to an activating group) is 1. The minimum atomic E-state index is -4.61. The van der Waals surface area contributed by atoms with Gasteiger partial charge in [-0.25, -0.2) is 0 Å². The van der Waals surface area contributed by atoms with Crippen LogP contribution in [0, 0.1) is 0 Å². The van der Waals surface area contributed by atoms with Crippen LogP contribution in [0.4, 0.5) is 0 Å². The Labute approximate surface area is 479 Å². The third-order valence-corrected chi connectivity index (χ3v) is 15.9. The van der Waals surface area contributed by atoms with E-state index in [4.69, 9.17) is 9.05 Å². The average molecular weight is 1100 g/mol. The zero-order valence-corrected chi connectivity index (χ0v) is 52.6. The molecule has 452 valence electrons. The SMILES string of the molecule is CCCCCCC/C=C\C/C=C\CCCCCCCCCCCCCCCCCCCCCCCCCC(=O)NC(COP(=O)([O-])OCC[N+](C)(C)C)C(O)/C=C/CC/C=C/CC/C=C/CCCCCCCCCCCC. The fourth-order valence-corrected chi connectivity index (χ4v) is 10.5. The predicted molar refractivity (Wildman–Crippen MR) is 334 cm³/mol. The van der Waals surface area contributed by atoms with Crippen LogP contribution >= 0.6 is 7.82 Å². The van der Waals surface area contributed by atoms with E-state index in [9.17, 15) is 19.4 Å². The molecule has 0 aliphatic carbocycles. The number of unbranched alkanes of at least 4 members (excludes halogenated alkanes) is 40. The van der Waals surface area contributed by atoms with Gasteiger partial charge in [-0.15, -0.1) is 0 Å². The zero-order chi connectivity index (χ0) is 56.3. The maximum Gasteiger partial charge on any atom is 0.268 e. The van der Waals surface area contributed by atoms with Crippen LogP contribution in [-0.4, -0.2) is 68.5 Å². The van der Waals surface area contributed by atoms with Crippen LogP contribution < -0.4 is 10.2 Å². The van der Waals surface area contributed by atoms with Crippen molar-refractivity contribution >= 4 is 13.7 Å². The monoisotopic (exact) mass is 1100 g/mol. The lowest BCUT2D eigenvalue weighted by Crippen LogP contribution is -2.45. The first-order valence-electron chi connectivity index (χ1n) is 33.2. The van der Waals surface area contributed by atoms with Gasteiger partial charge in [-0.2, -0.15) is 0 Å². The molecule has 0 spiro atoms. The summed E-state index contributed by atoms with van der Waals surface area (Å²) in [7, 11) is 1.24. The standard InChI is InChI=1S/C68H129N2O6P/c1-6-8-10-12-14-16-18-20-22-24-26-28-29-30-31-32-33-34-35-36-37-38-39-40-41-42-44-46-48-50-52-54-56-58-60-62-68(72)69-66(65-76-77(73,74)75-64-63-70(3,4)5)67(71)61-59-57-55-53-51-49-47-45-43-27-25-23-21-19-17-15-13-11-9-7-2/h18,20,24,26,43,45,51,53,59,61,66-67,71H,6-17,19,21-23,25,27-42,44,46-50,52,54-58,60,62-65H2,1-5H3,(H-,69,72,73,74)/b20-18-,26-24-,45-43+,53-51+,61-59+. The number of carbonyl (C=O) groups is 1. The van der Waals surface area contributed by atoms with Gasteiger partial charge in [0.05, 0.1) is 39.9 Å². The molecule has 8 nitrogen and oxygen atoms in total. The molecule has 77 heavy (non-hydrogen) atoms. The topological polar surface area (TPSA) is 108 Å². The molecule has 3 unspecified atom stereocenters. The van der Waals surface area contributed by atoms with E-state index in [1.54, 1.807) is 6.08 Å². The molecule has 0 fully saturated rings. The van der Waals surface area contributed by atoms with Crippen molar-refractivity contribution in [2.75, 3.05) is 40.9 Å². The smallest absolute Gasteiger partial charge is 0.268 e. The van der Waals surface area contributed by atoms with Crippen molar-refractivity contribution in [2.24, 2.45) is 0 Å². The number of rotatable bonds is 61. The number of phosphoric ester groups is 1. The summed E-state index contributed by atoms with van der Waals surface area (Å²) in [6, 6.07) is -0.911. The van der Waals surface area contributed by atoms with E-state index in [-0.39, 0.29) is 12.5 Å². The fourth-order valence-electron chi connectivity index (χ4n) is 9.75. The van der Waals surface area contributed by atoms with Crippen LogP contribution in [0.3, 0.4) is 0 Å². The van der Waals surface area contributed by atoms with Gasteiger partial charge in [0.2, 0.25) is 5.91 Å². The second-order valence-corrected chi connectivity index (χ2v) is 25.2. The number of phosphoric acid groups is 1. The normalized spacial score (nSPS) is 14.1. The molecule has 2 N–H and O–H groups in total. The molecular weight excluding hydrogens is 972 g/mol. The van der Waals surface area contributed by atoms with E-state index < -0.39 is 26.6 Å². The van der Waals surface area contributed by atoms with Crippen molar-refractivity contribution < 1.29 is 32.9 Å². The fraction of sp³-hybridized carbons (Fsp3) is 0.838. The Kier molecular flexibility index (Phi) is 57.5. The van der Waals surface area contributed by atoms with E-state index in [1.807, 2.05) is 27.2 Å². The molecule has 0 aliphatic rings. The van der Waals surface area contributed by atoms with E-state index in [0.717, 1.165) is 51.4 Å². The van der Waals surface area contributed by atoms with Gasteiger partial charge in [0, 0.05) is 6.42 Å². The summed E-state index contributed by atoms with van der Waals surface area (Å²) in [5.74, 6) is -0.207. The van der Waals surface area contributed by atoms with Crippen LogP contribution in [-0.2, 0) is 18.4 Å². The lowest BCUT2D eigenvalue weighted by molar-refractivity contribution is -0.870. The third-order valence-electron chi connectivity index (χ3n) is 14.9. The van der Waals surface area contributed by atoms with Crippen molar-refractivity contribution in [1.29, 1.82) is 0 Å². The van der Waals surface area contributed by atoms with Gasteiger partial charge in [0.1, 0.15) is 13.2 Å². The zero-order valence-electron chi connectivity index (χ0n) is 51.7. The van der Waals surface area contributed by atoms with Crippen molar-refractivity contribution in [3.05, 3.63) is 60.8 Å². The highest BCUT2D eigenvalue weighted by Gasteiger charge is 2.23. The number of aliphatic hydroxyl groups is 1. The first kappa shape index (κ1) is 75.2. The number of nitrogens with zero attached hydrogens (tertiary/aromatic N) is 1. The van der Waals surface area contributed by atoms with Crippen LogP contribution in [0.2, 0.25) is 0 Å². The Bertz CT molecular complexity index is 1440. The van der Waals surface area contributed by atoms with Crippen molar-refractivity contribution in [2.45, 2.75) is 328 Å². The molecule has 0 radical (unpaired) electrons. The highest BCUT2D eigenvalue weighted by atomic mass is 31.2. The molecule has 0 aliphatic heterocycles. The van der Waals surface area contributed by atoms with Gasteiger partial charge in [-0.3, -0.25) is 9.36 Å². The summed E-state index contributed by atoms with van der Waals surface area (Å²) < 4.78 is 23.4. The lowest BCUT2D eigenvalue weighted by atomic mass is 10.0. The van der Waals surface area contributed by atoms with Gasteiger partial charge in [0.15, 0.2) is 0 Å². The molecule has 0 aromatic rings. The number of hydrogen-bond donors (Lipinski definition) is 2. The molecule has 0 rings (SSSR count). The van der Waals surface area contributed by atoms with Crippen LogP contribution in [0.1, 0.15) is 316 Å². The molecule has 0 saturated heterocycles. The molecular formula is C68H129N2O6P. The van der Waals surface area contributed by atoms with Gasteiger partial charge < -0.3 is 28.8 Å². The molecule has 0 heterocycles. The Morgan fingerprint density at radius 2 is 0.766 bits per heavy atom. The number of aliphatic hydroxyl groups excluding tert-OH is 1. The summed E-state index contributed by atoms with van der Waals surface area (Å²) in [5, 5.41) is 13.9.